The summed E-state index contributed by atoms with van der Waals surface area (Å²) in [7, 11) is 0. The van der Waals surface area contributed by atoms with Gasteiger partial charge < -0.3 is 0 Å². The number of hydrogen-bond acceptors (Lipinski definition) is 0. The van der Waals surface area contributed by atoms with Gasteiger partial charge in [0.2, 0.25) is 0 Å². The van der Waals surface area contributed by atoms with E-state index in [-0.39, 0.29) is 35.8 Å². The molecule has 1 fully saturated rings. The summed E-state index contributed by atoms with van der Waals surface area (Å²) in [5, 5.41) is 0. The predicted molar refractivity (Wildman–Crippen MR) is 113 cm³/mol. The number of halogens is 2. The van der Waals surface area contributed by atoms with Crippen molar-refractivity contribution in [2.24, 2.45) is 5.92 Å². The molecule has 0 N–H and O–H groups in total. The molecule has 1 aliphatic carbocycles. The van der Waals surface area contributed by atoms with Crippen LogP contribution in [0.5, 0.6) is 0 Å². The normalized spacial score (nSPS) is 21.1. The molecule has 0 bridgehead atoms. The average molecular weight is 372 g/mol. The zero-order valence-electron chi connectivity index (χ0n) is 14.4. The van der Waals surface area contributed by atoms with E-state index in [4.69, 9.17) is 0 Å². The summed E-state index contributed by atoms with van der Waals surface area (Å²) in [6.45, 7) is 2.47. The zero-order valence-corrected chi connectivity index (χ0v) is 16.0. The highest BCUT2D eigenvalue weighted by molar-refractivity contribution is 5.85. The highest BCUT2D eigenvalue weighted by atomic mass is 35.5. The molecule has 1 saturated carbocycles. The first-order valence-electron chi connectivity index (χ1n) is 9.39. The fourth-order valence-electron chi connectivity index (χ4n) is 3.43. The van der Waals surface area contributed by atoms with E-state index >= 15 is 0 Å². The Balaban J connectivity index is -0.00000120. The van der Waals surface area contributed by atoms with Gasteiger partial charge in [-0.2, -0.15) is 0 Å². The van der Waals surface area contributed by atoms with Crippen LogP contribution in [0.3, 0.4) is 0 Å². The Morgan fingerprint density at radius 2 is 0.591 bits per heavy atom. The van der Waals surface area contributed by atoms with Crippen molar-refractivity contribution in [2.45, 2.75) is 116 Å². The summed E-state index contributed by atoms with van der Waals surface area (Å²) in [6.07, 6.45) is 25.4. The molecule has 0 aromatic carbocycles. The predicted octanol–water partition coefficient (Wildman–Crippen LogP) is 6.66. The molecule has 0 aliphatic heterocycles. The fraction of sp³-hybridized carbons (Fsp3) is 1.00. The van der Waals surface area contributed by atoms with Crippen LogP contribution in [0.2, 0.25) is 0 Å². The Kier molecular flexibility index (Phi) is 27.4. The van der Waals surface area contributed by atoms with Gasteiger partial charge in [-0.25, -0.2) is 0 Å². The van der Waals surface area contributed by atoms with Crippen molar-refractivity contribution in [2.75, 3.05) is 0 Å². The second-order valence-corrected chi connectivity index (χ2v) is 6.99. The minimum atomic E-state index is 0. The lowest BCUT2D eigenvalue weighted by atomic mass is 9.95. The van der Waals surface area contributed by atoms with Crippen LogP contribution in [0.25, 0.3) is 0 Å². The summed E-state index contributed by atoms with van der Waals surface area (Å²) in [5.74, 6) is 0.985. The average Bonchev–Trinajstić information content (AvgIpc) is 2.41. The molecule has 138 valence electrons. The third-order valence-electron chi connectivity index (χ3n) is 4.89. The Morgan fingerprint density at radius 1 is 0.409 bits per heavy atom. The minimum Gasteiger partial charge on any atom is -0.147 e. The van der Waals surface area contributed by atoms with Crippen molar-refractivity contribution >= 4 is 35.8 Å². The van der Waals surface area contributed by atoms with Crippen LogP contribution in [-0.4, -0.2) is 11.0 Å². The summed E-state index contributed by atoms with van der Waals surface area (Å²) < 4.78 is 0. The van der Waals surface area contributed by atoms with E-state index < -0.39 is 0 Å². The Labute approximate surface area is 157 Å². The van der Waals surface area contributed by atoms with Gasteiger partial charge in [-0.05, 0) is 16.9 Å². The first-order chi connectivity index (χ1) is 9.39. The third-order valence-corrected chi connectivity index (χ3v) is 4.89. The highest BCUT2D eigenvalue weighted by Gasteiger charge is 2.02. The summed E-state index contributed by atoms with van der Waals surface area (Å²) in [6, 6.07) is 0. The van der Waals surface area contributed by atoms with E-state index in [1.54, 1.807) is 0 Å². The molecule has 0 aromatic rings. The third kappa shape index (κ3) is 18.8. The maximum absolute atomic E-state index is 2.47. The number of rotatable bonds is 0. The van der Waals surface area contributed by atoms with E-state index in [1.165, 1.54) is 109 Å². The molecule has 1 aliphatic rings. The Bertz CT molecular complexity index is 170. The molecule has 0 unspecified atom stereocenters. The van der Waals surface area contributed by atoms with Crippen molar-refractivity contribution in [3.8, 4) is 0 Å². The van der Waals surface area contributed by atoms with Crippen LogP contribution < -0.4 is 0 Å². The lowest BCUT2D eigenvalue weighted by Crippen LogP contribution is -1.95. The van der Waals surface area contributed by atoms with Crippen LogP contribution >= 0.6 is 24.8 Å². The summed E-state index contributed by atoms with van der Waals surface area (Å²) in [4.78, 5) is 0. The van der Waals surface area contributed by atoms with Gasteiger partial charge in [0.25, 0.3) is 0 Å². The Hall–Kier alpha value is 0.797. The van der Waals surface area contributed by atoms with Crippen molar-refractivity contribution in [3.63, 3.8) is 0 Å². The van der Waals surface area contributed by atoms with Gasteiger partial charge in [-0.15, -0.1) is 24.8 Å². The maximum Gasteiger partial charge on any atom is -0.0149 e. The first kappa shape index (κ1) is 27.6. The smallest absolute Gasteiger partial charge is 0.0149 e. The van der Waals surface area contributed by atoms with Crippen molar-refractivity contribution in [1.82, 2.24) is 0 Å². The number of hydrogen-bond donors (Lipinski definition) is 0. The lowest BCUT2D eigenvalue weighted by molar-refractivity contribution is 0.427. The molecule has 0 heterocycles. The molecule has 0 spiro atoms. The highest BCUT2D eigenvalue weighted by Crippen LogP contribution is 2.19. The van der Waals surface area contributed by atoms with Crippen LogP contribution in [0, 0.1) is 5.92 Å². The monoisotopic (exact) mass is 370 g/mol. The van der Waals surface area contributed by atoms with Gasteiger partial charge in [0.05, 0.1) is 0 Å². The molecule has 0 aromatic heterocycles. The molecule has 0 amide bonds. The molecular formula is C19H44Cl2Si. The van der Waals surface area contributed by atoms with Crippen molar-refractivity contribution < 1.29 is 0 Å². The first-order valence-corrected chi connectivity index (χ1v) is 9.39. The van der Waals surface area contributed by atoms with Gasteiger partial charge in [0.1, 0.15) is 0 Å². The van der Waals surface area contributed by atoms with E-state index in [0.29, 0.717) is 0 Å². The van der Waals surface area contributed by atoms with Crippen LogP contribution in [0.4, 0.5) is 0 Å². The van der Waals surface area contributed by atoms with E-state index in [1.807, 2.05) is 0 Å². The fourth-order valence-corrected chi connectivity index (χ4v) is 3.43. The summed E-state index contributed by atoms with van der Waals surface area (Å²) in [5.41, 5.74) is 0. The van der Waals surface area contributed by atoms with Gasteiger partial charge in [-0.1, -0.05) is 116 Å². The minimum absolute atomic E-state index is 0. The maximum atomic E-state index is 2.47. The van der Waals surface area contributed by atoms with Crippen LogP contribution in [-0.2, 0) is 0 Å². The second-order valence-electron chi connectivity index (χ2n) is 6.99. The molecule has 0 radical (unpaired) electrons. The van der Waals surface area contributed by atoms with Gasteiger partial charge in [0, 0.05) is 0 Å². The largest absolute Gasteiger partial charge is 0.147 e. The molecular weight excluding hydrogens is 327 g/mol. The molecule has 0 nitrogen and oxygen atoms in total. The van der Waals surface area contributed by atoms with Gasteiger partial charge >= 0.3 is 0 Å². The van der Waals surface area contributed by atoms with Crippen molar-refractivity contribution in [3.05, 3.63) is 0 Å². The lowest BCUT2D eigenvalue weighted by Gasteiger charge is -2.11. The van der Waals surface area contributed by atoms with Crippen LogP contribution in [0.15, 0.2) is 0 Å². The molecule has 0 saturated heterocycles. The van der Waals surface area contributed by atoms with Crippen LogP contribution in [0.1, 0.15) is 116 Å². The van der Waals surface area contributed by atoms with E-state index in [2.05, 4.69) is 6.92 Å². The topological polar surface area (TPSA) is 0 Å². The van der Waals surface area contributed by atoms with Gasteiger partial charge in [-0.3, -0.25) is 0 Å². The van der Waals surface area contributed by atoms with Gasteiger partial charge in [0.15, 0.2) is 0 Å². The molecule has 1 rings (SSSR count). The van der Waals surface area contributed by atoms with Crippen molar-refractivity contribution in [1.29, 1.82) is 0 Å². The molecule has 22 heavy (non-hydrogen) atoms. The standard InChI is InChI=1S/C19H38.2ClH.H4Si/c1-19-17-15-13-11-9-7-5-3-2-4-6-8-10-12-14-16-18-19;;;/h19H,2-18H2,1H3;2*1H;1H4. The second kappa shape index (κ2) is 21.8. The van der Waals surface area contributed by atoms with E-state index in [9.17, 15) is 0 Å². The summed E-state index contributed by atoms with van der Waals surface area (Å²) >= 11 is 0. The zero-order chi connectivity index (χ0) is 13.6. The molecule has 0 atom stereocenters. The SMILES string of the molecule is CC1CCCCCCCCCCCCCCCCC1.Cl.Cl.[SiH4]. The quantitative estimate of drug-likeness (QED) is 0.418. The molecule has 3 heteroatoms. The Morgan fingerprint density at radius 3 is 0.818 bits per heavy atom. The van der Waals surface area contributed by atoms with E-state index in [0.717, 1.165) is 5.92 Å².